The lowest BCUT2D eigenvalue weighted by Gasteiger charge is -2.13. The fourth-order valence-corrected chi connectivity index (χ4v) is 1.48. The summed E-state index contributed by atoms with van der Waals surface area (Å²) in [5, 5.41) is 3.10. The Morgan fingerprint density at radius 1 is 1.64 bits per heavy atom. The van der Waals surface area contributed by atoms with Gasteiger partial charge in [0.05, 0.1) is 7.11 Å². The number of hydrogen-bond donors (Lipinski definition) is 2. The van der Waals surface area contributed by atoms with Crippen molar-refractivity contribution in [3.05, 3.63) is 0 Å². The van der Waals surface area contributed by atoms with Crippen molar-refractivity contribution < 1.29 is 9.53 Å². The molecule has 0 aromatic heterocycles. The highest BCUT2D eigenvalue weighted by Crippen LogP contribution is 2.33. The van der Waals surface area contributed by atoms with Gasteiger partial charge in [0.2, 0.25) is 0 Å². The van der Waals surface area contributed by atoms with Gasteiger partial charge in [0.25, 0.3) is 0 Å². The van der Waals surface area contributed by atoms with Gasteiger partial charge >= 0.3 is 5.97 Å². The Morgan fingerprint density at radius 2 is 2.36 bits per heavy atom. The molecule has 1 aliphatic carbocycles. The zero-order chi connectivity index (χ0) is 10.4. The molecule has 1 atom stereocenters. The lowest BCUT2D eigenvalue weighted by atomic mass is 10.2. The molecule has 3 N–H and O–H groups in total. The Morgan fingerprint density at radius 3 is 2.86 bits per heavy atom. The van der Waals surface area contributed by atoms with E-state index in [4.69, 9.17) is 5.73 Å². The van der Waals surface area contributed by atoms with Crippen LogP contribution in [0.2, 0.25) is 0 Å². The number of esters is 1. The van der Waals surface area contributed by atoms with Crippen LogP contribution >= 0.6 is 0 Å². The Balaban J connectivity index is 2.03. The molecular formula is C10H20N2O2. The van der Waals surface area contributed by atoms with Crippen molar-refractivity contribution >= 4 is 5.97 Å². The highest BCUT2D eigenvalue weighted by molar-refractivity contribution is 5.75. The summed E-state index contributed by atoms with van der Waals surface area (Å²) in [5.41, 5.74) is 5.44. The fraction of sp³-hybridized carbons (Fsp3) is 0.900. The van der Waals surface area contributed by atoms with Gasteiger partial charge in [-0.25, -0.2) is 0 Å². The summed E-state index contributed by atoms with van der Waals surface area (Å²) in [7, 11) is 1.39. The first kappa shape index (κ1) is 11.5. The molecule has 0 amide bonds. The molecule has 4 heteroatoms. The molecule has 82 valence electrons. The number of rotatable bonds is 7. The van der Waals surface area contributed by atoms with E-state index in [0.29, 0.717) is 6.54 Å². The maximum Gasteiger partial charge on any atom is 0.324 e. The van der Waals surface area contributed by atoms with Gasteiger partial charge in [-0.1, -0.05) is 12.8 Å². The number of methoxy groups -OCH3 is 1. The molecule has 0 bridgehead atoms. The second kappa shape index (κ2) is 5.98. The van der Waals surface area contributed by atoms with Crippen LogP contribution in [0.15, 0.2) is 0 Å². The minimum Gasteiger partial charge on any atom is -0.468 e. The van der Waals surface area contributed by atoms with Crippen LogP contribution in [-0.2, 0) is 9.53 Å². The SMILES string of the molecule is COC(=O)C(CN)NCCCC1CC1. The van der Waals surface area contributed by atoms with Gasteiger partial charge in [-0.2, -0.15) is 0 Å². The predicted octanol–water partition coefficient (Wildman–Crippen LogP) is 0.267. The maximum absolute atomic E-state index is 11.1. The van der Waals surface area contributed by atoms with E-state index in [-0.39, 0.29) is 12.0 Å². The van der Waals surface area contributed by atoms with Crippen LogP contribution in [0, 0.1) is 5.92 Å². The van der Waals surface area contributed by atoms with Crippen molar-refractivity contribution in [3.63, 3.8) is 0 Å². The van der Waals surface area contributed by atoms with Crippen LogP contribution in [-0.4, -0.2) is 32.2 Å². The number of nitrogens with one attached hydrogen (secondary N) is 1. The minimum absolute atomic E-state index is 0.265. The molecule has 0 saturated heterocycles. The van der Waals surface area contributed by atoms with E-state index in [9.17, 15) is 4.79 Å². The van der Waals surface area contributed by atoms with E-state index >= 15 is 0 Å². The molecule has 0 aromatic carbocycles. The normalized spacial score (nSPS) is 17.9. The van der Waals surface area contributed by atoms with Gasteiger partial charge < -0.3 is 15.8 Å². The predicted molar refractivity (Wildman–Crippen MR) is 54.8 cm³/mol. The molecule has 4 nitrogen and oxygen atoms in total. The van der Waals surface area contributed by atoms with Gasteiger partial charge in [-0.05, 0) is 25.3 Å². The molecule has 0 heterocycles. The van der Waals surface area contributed by atoms with Crippen LogP contribution in [0.1, 0.15) is 25.7 Å². The summed E-state index contributed by atoms with van der Waals surface area (Å²) in [4.78, 5) is 11.1. The number of carbonyl (C=O) groups is 1. The molecular weight excluding hydrogens is 180 g/mol. The van der Waals surface area contributed by atoms with Crippen molar-refractivity contribution in [2.24, 2.45) is 11.7 Å². The molecule has 1 aliphatic rings. The molecule has 0 aromatic rings. The topological polar surface area (TPSA) is 64.3 Å². The van der Waals surface area contributed by atoms with Crippen LogP contribution in [0.5, 0.6) is 0 Å². The van der Waals surface area contributed by atoms with E-state index < -0.39 is 0 Å². The highest BCUT2D eigenvalue weighted by Gasteiger charge is 2.21. The summed E-state index contributed by atoms with van der Waals surface area (Å²) < 4.78 is 4.61. The van der Waals surface area contributed by atoms with Crippen molar-refractivity contribution in [1.29, 1.82) is 0 Å². The Kier molecular flexibility index (Phi) is 4.90. The lowest BCUT2D eigenvalue weighted by molar-refractivity contribution is -0.142. The van der Waals surface area contributed by atoms with Crippen LogP contribution < -0.4 is 11.1 Å². The molecule has 1 rings (SSSR count). The van der Waals surface area contributed by atoms with E-state index in [0.717, 1.165) is 18.9 Å². The third kappa shape index (κ3) is 4.07. The second-order valence-electron chi connectivity index (χ2n) is 3.85. The first-order valence-corrected chi connectivity index (χ1v) is 5.29. The first-order chi connectivity index (χ1) is 6.77. The van der Waals surface area contributed by atoms with Crippen LogP contribution in [0.25, 0.3) is 0 Å². The highest BCUT2D eigenvalue weighted by atomic mass is 16.5. The summed E-state index contributed by atoms with van der Waals surface area (Å²) in [6.45, 7) is 1.16. The van der Waals surface area contributed by atoms with E-state index in [1.807, 2.05) is 0 Å². The van der Waals surface area contributed by atoms with E-state index in [1.165, 1.54) is 26.4 Å². The second-order valence-corrected chi connectivity index (χ2v) is 3.85. The molecule has 14 heavy (non-hydrogen) atoms. The third-order valence-corrected chi connectivity index (χ3v) is 2.60. The van der Waals surface area contributed by atoms with Crippen molar-refractivity contribution in [2.45, 2.75) is 31.7 Å². The molecule has 0 radical (unpaired) electrons. The summed E-state index contributed by atoms with van der Waals surface area (Å²) in [6.07, 6.45) is 5.16. The van der Waals surface area contributed by atoms with Gasteiger partial charge in [0, 0.05) is 6.54 Å². The van der Waals surface area contributed by atoms with Crippen molar-refractivity contribution in [1.82, 2.24) is 5.32 Å². The average molecular weight is 200 g/mol. The largest absolute Gasteiger partial charge is 0.468 e. The average Bonchev–Trinajstić information content (AvgIpc) is 3.01. The minimum atomic E-state index is -0.334. The van der Waals surface area contributed by atoms with Crippen LogP contribution in [0.3, 0.4) is 0 Å². The number of ether oxygens (including phenoxy) is 1. The molecule has 0 aliphatic heterocycles. The summed E-state index contributed by atoms with van der Waals surface area (Å²) in [6, 6.07) is -0.334. The van der Waals surface area contributed by atoms with Crippen LogP contribution in [0.4, 0.5) is 0 Å². The third-order valence-electron chi connectivity index (χ3n) is 2.60. The van der Waals surface area contributed by atoms with Crippen molar-refractivity contribution in [3.8, 4) is 0 Å². The van der Waals surface area contributed by atoms with Gasteiger partial charge in [-0.15, -0.1) is 0 Å². The fourth-order valence-electron chi connectivity index (χ4n) is 1.48. The number of hydrogen-bond acceptors (Lipinski definition) is 4. The molecule has 0 spiro atoms. The smallest absolute Gasteiger partial charge is 0.324 e. The van der Waals surface area contributed by atoms with E-state index in [2.05, 4.69) is 10.1 Å². The molecule has 1 fully saturated rings. The maximum atomic E-state index is 11.1. The zero-order valence-electron chi connectivity index (χ0n) is 8.79. The number of nitrogens with two attached hydrogens (primary N) is 1. The Labute approximate surface area is 85.2 Å². The zero-order valence-corrected chi connectivity index (χ0v) is 8.79. The lowest BCUT2D eigenvalue weighted by Crippen LogP contribution is -2.43. The monoisotopic (exact) mass is 200 g/mol. The standard InChI is InChI=1S/C10H20N2O2/c1-14-10(13)9(7-11)12-6-2-3-8-4-5-8/h8-9,12H,2-7,11H2,1H3. The molecule has 1 saturated carbocycles. The summed E-state index contributed by atoms with van der Waals surface area (Å²) >= 11 is 0. The first-order valence-electron chi connectivity index (χ1n) is 5.29. The number of carbonyl (C=O) groups excluding carboxylic acids is 1. The van der Waals surface area contributed by atoms with Gasteiger partial charge in [0.1, 0.15) is 6.04 Å². The quantitative estimate of drug-likeness (QED) is 0.457. The van der Waals surface area contributed by atoms with E-state index in [1.54, 1.807) is 0 Å². The van der Waals surface area contributed by atoms with Crippen molar-refractivity contribution in [2.75, 3.05) is 20.2 Å². The Bertz CT molecular complexity index is 181. The summed E-state index contributed by atoms with van der Waals surface area (Å²) in [5.74, 6) is 0.685. The molecule has 1 unspecified atom stereocenters. The Hall–Kier alpha value is -0.610. The van der Waals surface area contributed by atoms with Gasteiger partial charge in [-0.3, -0.25) is 4.79 Å². The van der Waals surface area contributed by atoms with Gasteiger partial charge in [0.15, 0.2) is 0 Å².